The van der Waals surface area contributed by atoms with Gasteiger partial charge in [0, 0.05) is 6.42 Å². The van der Waals surface area contributed by atoms with Crippen molar-refractivity contribution in [1.29, 1.82) is 0 Å². The number of halogens is 3. The van der Waals surface area contributed by atoms with Gasteiger partial charge < -0.3 is 15.9 Å². The second-order valence-corrected chi connectivity index (χ2v) is 6.24. The van der Waals surface area contributed by atoms with E-state index in [-0.39, 0.29) is 22.0 Å². The number of methoxy groups -OCH3 is 1. The number of nitrogens with one attached hydrogen (secondary N) is 1. The van der Waals surface area contributed by atoms with Crippen molar-refractivity contribution >= 4 is 23.6 Å². The lowest BCUT2D eigenvalue weighted by Crippen LogP contribution is -2.43. The first-order chi connectivity index (χ1) is 12.7. The van der Waals surface area contributed by atoms with E-state index in [1.807, 2.05) is 6.07 Å². The molecule has 1 heterocycles. The Morgan fingerprint density at radius 1 is 1.30 bits per heavy atom. The number of benzene rings is 1. The maximum absolute atomic E-state index is 12.6. The van der Waals surface area contributed by atoms with Crippen LogP contribution in [-0.2, 0) is 26.9 Å². The molecule has 0 radical (unpaired) electrons. The van der Waals surface area contributed by atoms with Crippen LogP contribution in [0.5, 0.6) is 0 Å². The van der Waals surface area contributed by atoms with Crippen LogP contribution in [0.2, 0.25) is 0 Å². The summed E-state index contributed by atoms with van der Waals surface area (Å²) in [4.78, 5) is 24.0. The van der Waals surface area contributed by atoms with Gasteiger partial charge in [0.15, 0.2) is 0 Å². The molecule has 2 aromatic rings. The van der Waals surface area contributed by atoms with Crippen LogP contribution in [0.15, 0.2) is 35.5 Å². The number of nitrogens with two attached hydrogens (primary N) is 1. The van der Waals surface area contributed by atoms with E-state index in [0.717, 1.165) is 5.56 Å². The van der Waals surface area contributed by atoms with E-state index in [2.05, 4.69) is 20.3 Å². The van der Waals surface area contributed by atoms with Crippen LogP contribution in [0.1, 0.15) is 11.4 Å². The van der Waals surface area contributed by atoms with Crippen LogP contribution >= 0.6 is 11.8 Å². The summed E-state index contributed by atoms with van der Waals surface area (Å²) in [7, 11) is 1.19. The van der Waals surface area contributed by atoms with Crippen molar-refractivity contribution in [1.82, 2.24) is 20.2 Å². The molecule has 1 aromatic carbocycles. The molecular formula is C15H16F3N5O3S. The van der Waals surface area contributed by atoms with Crippen molar-refractivity contribution in [3.63, 3.8) is 0 Å². The monoisotopic (exact) mass is 403 g/mol. The molecule has 0 aliphatic heterocycles. The zero-order chi connectivity index (χ0) is 20.0. The predicted molar refractivity (Wildman–Crippen MR) is 90.0 cm³/mol. The Kier molecular flexibility index (Phi) is 6.66. The number of hydrogen-bond donors (Lipinski definition) is 2. The molecule has 0 aliphatic rings. The highest BCUT2D eigenvalue weighted by atomic mass is 32.2. The first-order valence-electron chi connectivity index (χ1n) is 7.54. The number of ether oxygens (including phenoxy) is 1. The first-order valence-corrected chi connectivity index (χ1v) is 8.52. The van der Waals surface area contributed by atoms with Crippen molar-refractivity contribution < 1.29 is 27.5 Å². The number of hydrogen-bond acceptors (Lipinski definition) is 7. The molecule has 8 nitrogen and oxygen atoms in total. The van der Waals surface area contributed by atoms with Gasteiger partial charge >= 0.3 is 12.1 Å². The Morgan fingerprint density at radius 2 is 1.96 bits per heavy atom. The number of carbonyl (C=O) groups excluding carboxylic acids is 2. The van der Waals surface area contributed by atoms with Crippen LogP contribution in [-0.4, -0.2) is 45.7 Å². The van der Waals surface area contributed by atoms with Gasteiger partial charge in [-0.1, -0.05) is 42.1 Å². The molecule has 0 aliphatic carbocycles. The molecule has 0 unspecified atom stereocenters. The van der Waals surface area contributed by atoms with Crippen molar-refractivity contribution in [3.8, 4) is 0 Å². The van der Waals surface area contributed by atoms with Gasteiger partial charge in [-0.05, 0) is 5.56 Å². The lowest BCUT2D eigenvalue weighted by molar-refractivity contribution is -0.147. The Hall–Kier alpha value is -2.76. The molecule has 2 rings (SSSR count). The summed E-state index contributed by atoms with van der Waals surface area (Å²) in [5.41, 5.74) is 0.803. The van der Waals surface area contributed by atoms with Gasteiger partial charge in [-0.3, -0.25) is 4.79 Å². The molecule has 1 aromatic heterocycles. The van der Waals surface area contributed by atoms with E-state index in [1.165, 1.54) is 7.11 Å². The van der Waals surface area contributed by atoms with Crippen molar-refractivity contribution in [2.45, 2.75) is 23.8 Å². The number of esters is 1. The summed E-state index contributed by atoms with van der Waals surface area (Å²) in [5.74, 6) is 2.38. The summed E-state index contributed by atoms with van der Waals surface area (Å²) in [6, 6.07) is 8.01. The molecule has 0 saturated carbocycles. The smallest absolute Gasteiger partial charge is 0.453 e. The van der Waals surface area contributed by atoms with Gasteiger partial charge in [0.1, 0.15) is 6.04 Å². The highest BCUT2D eigenvalue weighted by Gasteiger charge is 2.38. The van der Waals surface area contributed by atoms with Gasteiger partial charge in [0.25, 0.3) is 5.82 Å². The molecule has 12 heteroatoms. The summed E-state index contributed by atoms with van der Waals surface area (Å²) in [6.45, 7) is 0. The van der Waals surface area contributed by atoms with Gasteiger partial charge in [0.2, 0.25) is 11.1 Å². The number of nitrogen functional groups attached to an aromatic ring is 1. The third-order valence-corrected chi connectivity index (χ3v) is 4.30. The van der Waals surface area contributed by atoms with Crippen LogP contribution in [0.4, 0.5) is 13.2 Å². The number of aromatic nitrogens is 3. The van der Waals surface area contributed by atoms with Crippen LogP contribution in [0.3, 0.4) is 0 Å². The zero-order valence-electron chi connectivity index (χ0n) is 14.1. The van der Waals surface area contributed by atoms with Gasteiger partial charge in [-0.25, -0.2) is 9.47 Å². The highest BCUT2D eigenvalue weighted by Crippen LogP contribution is 2.28. The van der Waals surface area contributed by atoms with Gasteiger partial charge in [-0.2, -0.15) is 13.2 Å². The average Bonchev–Trinajstić information content (AvgIpc) is 3.00. The van der Waals surface area contributed by atoms with Crippen LogP contribution in [0, 0.1) is 0 Å². The number of thioether (sulfide) groups is 1. The lowest BCUT2D eigenvalue weighted by Gasteiger charge is -2.16. The van der Waals surface area contributed by atoms with Crippen molar-refractivity contribution in [2.24, 2.45) is 0 Å². The quantitative estimate of drug-likeness (QED) is 0.403. The Balaban J connectivity index is 1.98. The number of amides is 1. The second kappa shape index (κ2) is 8.75. The minimum atomic E-state index is -4.76. The van der Waals surface area contributed by atoms with Gasteiger partial charge in [0.05, 0.1) is 12.9 Å². The minimum Gasteiger partial charge on any atom is -0.467 e. The number of rotatable bonds is 7. The molecular weight excluding hydrogens is 387 g/mol. The summed E-state index contributed by atoms with van der Waals surface area (Å²) in [6.07, 6.45) is -4.55. The number of nitrogens with zero attached hydrogens (tertiary/aromatic N) is 3. The zero-order valence-corrected chi connectivity index (χ0v) is 14.9. The maximum Gasteiger partial charge on any atom is 0.453 e. The first kappa shape index (κ1) is 20.6. The number of carbonyl (C=O) groups is 2. The average molecular weight is 403 g/mol. The van der Waals surface area contributed by atoms with E-state index in [0.29, 0.717) is 11.8 Å². The molecule has 0 saturated heterocycles. The Bertz CT molecular complexity index is 798. The van der Waals surface area contributed by atoms with Crippen LogP contribution in [0.25, 0.3) is 0 Å². The Morgan fingerprint density at radius 3 is 2.52 bits per heavy atom. The standard InChI is InChI=1S/C15H16F3N5O3S/c1-26-12(25)10(7-9-5-3-2-4-6-9)20-11(24)8-27-14-22-21-13(23(14)19)15(16,17)18/h2-6,10H,7-8,19H2,1H3,(H,20,24)/t10-/m1/s1. The maximum atomic E-state index is 12.6. The van der Waals surface area contributed by atoms with E-state index in [9.17, 15) is 22.8 Å². The Labute approximate surface area is 156 Å². The molecule has 0 fully saturated rings. The summed E-state index contributed by atoms with van der Waals surface area (Å²) in [5, 5.41) is 8.48. The van der Waals surface area contributed by atoms with E-state index in [1.54, 1.807) is 24.3 Å². The van der Waals surface area contributed by atoms with Crippen molar-refractivity contribution in [2.75, 3.05) is 18.7 Å². The fourth-order valence-electron chi connectivity index (χ4n) is 2.12. The predicted octanol–water partition coefficient (Wildman–Crippen LogP) is 1.00. The largest absolute Gasteiger partial charge is 0.467 e. The highest BCUT2D eigenvalue weighted by molar-refractivity contribution is 7.99. The van der Waals surface area contributed by atoms with Crippen LogP contribution < -0.4 is 11.2 Å². The third kappa shape index (κ3) is 5.61. The van der Waals surface area contributed by atoms with Gasteiger partial charge in [-0.15, -0.1) is 10.2 Å². The normalized spacial score (nSPS) is 12.4. The fourth-order valence-corrected chi connectivity index (χ4v) is 2.79. The van der Waals surface area contributed by atoms with E-state index in [4.69, 9.17) is 5.84 Å². The summed E-state index contributed by atoms with van der Waals surface area (Å²) >= 11 is 0.660. The molecule has 3 N–H and O–H groups in total. The summed E-state index contributed by atoms with van der Waals surface area (Å²) < 4.78 is 42.8. The SMILES string of the molecule is COC(=O)[C@@H](Cc1ccccc1)NC(=O)CSc1nnc(C(F)(F)F)n1N. The lowest BCUT2D eigenvalue weighted by atomic mass is 10.1. The number of alkyl halides is 3. The molecule has 0 spiro atoms. The van der Waals surface area contributed by atoms with E-state index < -0.39 is 29.9 Å². The molecule has 1 atom stereocenters. The molecule has 0 bridgehead atoms. The van der Waals surface area contributed by atoms with E-state index >= 15 is 0 Å². The minimum absolute atomic E-state index is 0.204. The topological polar surface area (TPSA) is 112 Å². The molecule has 146 valence electrons. The third-order valence-electron chi connectivity index (χ3n) is 3.35. The molecule has 1 amide bonds. The molecule has 27 heavy (non-hydrogen) atoms. The van der Waals surface area contributed by atoms with Crippen molar-refractivity contribution in [3.05, 3.63) is 41.7 Å². The fraction of sp³-hybridized carbons (Fsp3) is 0.333. The second-order valence-electron chi connectivity index (χ2n) is 5.30.